The first-order valence-electron chi connectivity index (χ1n) is 5.50. The summed E-state index contributed by atoms with van der Waals surface area (Å²) in [5, 5.41) is 8.74. The Morgan fingerprint density at radius 2 is 1.79 bits per heavy atom. The predicted molar refractivity (Wildman–Crippen MR) is 64.0 cm³/mol. The van der Waals surface area contributed by atoms with Crippen molar-refractivity contribution in [3.05, 3.63) is 53.9 Å². The minimum Gasteiger partial charge on any atom is -0.265 e. The van der Waals surface area contributed by atoms with Gasteiger partial charge in [0.25, 0.3) is 0 Å². The van der Waals surface area contributed by atoms with Crippen LogP contribution in [-0.4, -0.2) is 4.98 Å². The number of halogens is 3. The van der Waals surface area contributed by atoms with Crippen LogP contribution < -0.4 is 0 Å². The fourth-order valence-electron chi connectivity index (χ4n) is 1.79. The molecular weight excluding hydrogens is 253 g/mol. The molecule has 19 heavy (non-hydrogen) atoms. The molecule has 0 amide bonds. The van der Waals surface area contributed by atoms with Crippen LogP contribution in [0.3, 0.4) is 0 Å². The van der Waals surface area contributed by atoms with E-state index in [0.717, 1.165) is 12.1 Å². The first kappa shape index (κ1) is 13.1. The molecule has 96 valence electrons. The summed E-state index contributed by atoms with van der Waals surface area (Å²) in [6, 6.07) is 8.62. The Morgan fingerprint density at radius 3 is 2.37 bits per heavy atom. The lowest BCUT2D eigenvalue weighted by molar-refractivity contribution is -0.137. The third-order valence-corrected chi connectivity index (χ3v) is 2.70. The molecule has 1 heterocycles. The fourth-order valence-corrected chi connectivity index (χ4v) is 1.79. The molecule has 1 aromatic carbocycles. The van der Waals surface area contributed by atoms with E-state index >= 15 is 0 Å². The zero-order valence-electron chi connectivity index (χ0n) is 9.78. The summed E-state index contributed by atoms with van der Waals surface area (Å²) in [7, 11) is 0. The van der Waals surface area contributed by atoms with Gasteiger partial charge in [0, 0.05) is 12.4 Å². The number of benzene rings is 1. The average molecular weight is 262 g/mol. The molecule has 1 aromatic heterocycles. The molecule has 0 fully saturated rings. The number of nitriles is 1. The molecule has 0 unspecified atom stereocenters. The zero-order chi connectivity index (χ0) is 13.9. The summed E-state index contributed by atoms with van der Waals surface area (Å²) in [5.74, 6) is 0. The standard InChI is InChI=1S/C14H9F3N2/c15-14(16,17)12-2-1-10(3-6-18)13(9-12)11-4-7-19-8-5-11/h1-2,4-5,7-9H,3H2. The zero-order valence-corrected chi connectivity index (χ0v) is 9.78. The summed E-state index contributed by atoms with van der Waals surface area (Å²) in [6.45, 7) is 0. The van der Waals surface area contributed by atoms with E-state index in [1.165, 1.54) is 18.5 Å². The maximum absolute atomic E-state index is 12.7. The summed E-state index contributed by atoms with van der Waals surface area (Å²) >= 11 is 0. The maximum atomic E-state index is 12.7. The molecule has 0 N–H and O–H groups in total. The van der Waals surface area contributed by atoms with Crippen molar-refractivity contribution in [2.24, 2.45) is 0 Å². The Kier molecular flexibility index (Phi) is 3.52. The van der Waals surface area contributed by atoms with Crippen molar-refractivity contribution in [1.29, 1.82) is 5.26 Å². The minimum atomic E-state index is -4.40. The largest absolute Gasteiger partial charge is 0.416 e. The molecular formula is C14H9F3N2. The van der Waals surface area contributed by atoms with Gasteiger partial charge in [-0.05, 0) is 41.0 Å². The SMILES string of the molecule is N#CCc1ccc(C(F)(F)F)cc1-c1ccncc1. The third-order valence-electron chi connectivity index (χ3n) is 2.70. The van der Waals surface area contributed by atoms with Crippen molar-refractivity contribution >= 4 is 0 Å². The smallest absolute Gasteiger partial charge is 0.265 e. The molecule has 5 heteroatoms. The average Bonchev–Trinajstić information content (AvgIpc) is 2.39. The van der Waals surface area contributed by atoms with Crippen LogP contribution >= 0.6 is 0 Å². The van der Waals surface area contributed by atoms with E-state index in [1.54, 1.807) is 12.1 Å². The first-order valence-corrected chi connectivity index (χ1v) is 5.50. The molecule has 2 aromatic rings. The van der Waals surface area contributed by atoms with Crippen molar-refractivity contribution in [2.45, 2.75) is 12.6 Å². The van der Waals surface area contributed by atoms with E-state index in [1.807, 2.05) is 6.07 Å². The van der Waals surface area contributed by atoms with Crippen LogP contribution in [0.15, 0.2) is 42.7 Å². The van der Waals surface area contributed by atoms with Gasteiger partial charge in [0.1, 0.15) is 0 Å². The maximum Gasteiger partial charge on any atom is 0.416 e. The van der Waals surface area contributed by atoms with Crippen molar-refractivity contribution < 1.29 is 13.2 Å². The number of nitrogens with zero attached hydrogens (tertiary/aromatic N) is 2. The molecule has 0 bridgehead atoms. The quantitative estimate of drug-likeness (QED) is 0.824. The molecule has 0 saturated heterocycles. The van der Waals surface area contributed by atoms with E-state index < -0.39 is 11.7 Å². The van der Waals surface area contributed by atoms with Crippen LogP contribution in [0.4, 0.5) is 13.2 Å². The Morgan fingerprint density at radius 1 is 1.11 bits per heavy atom. The number of rotatable bonds is 2. The second-order valence-electron chi connectivity index (χ2n) is 3.94. The topological polar surface area (TPSA) is 36.7 Å². The minimum absolute atomic E-state index is 0.0653. The van der Waals surface area contributed by atoms with Gasteiger partial charge in [0.05, 0.1) is 18.1 Å². The summed E-state index contributed by atoms with van der Waals surface area (Å²) in [5.41, 5.74) is 0.882. The predicted octanol–water partition coefficient (Wildman–Crippen LogP) is 3.83. The molecule has 0 aliphatic rings. The van der Waals surface area contributed by atoms with E-state index in [2.05, 4.69) is 4.98 Å². The number of aromatic nitrogens is 1. The van der Waals surface area contributed by atoms with Crippen LogP contribution in [0.2, 0.25) is 0 Å². The molecule has 0 spiro atoms. The summed E-state index contributed by atoms with van der Waals surface area (Å²) < 4.78 is 38.2. The van der Waals surface area contributed by atoms with Crippen molar-refractivity contribution in [1.82, 2.24) is 4.98 Å². The highest BCUT2D eigenvalue weighted by molar-refractivity contribution is 5.68. The lowest BCUT2D eigenvalue weighted by Crippen LogP contribution is -2.05. The van der Waals surface area contributed by atoms with E-state index in [-0.39, 0.29) is 6.42 Å². The molecule has 0 aliphatic heterocycles. The molecule has 2 rings (SSSR count). The summed E-state index contributed by atoms with van der Waals surface area (Å²) in [4.78, 5) is 3.83. The lowest BCUT2D eigenvalue weighted by atomic mass is 9.96. The first-order chi connectivity index (χ1) is 9.02. The van der Waals surface area contributed by atoms with Gasteiger partial charge in [-0.1, -0.05) is 6.07 Å². The van der Waals surface area contributed by atoms with Crippen molar-refractivity contribution in [3.8, 4) is 17.2 Å². The second kappa shape index (κ2) is 5.11. The monoisotopic (exact) mass is 262 g/mol. The van der Waals surface area contributed by atoms with E-state index in [0.29, 0.717) is 16.7 Å². The fraction of sp³-hybridized carbons (Fsp3) is 0.143. The Balaban J connectivity index is 2.58. The van der Waals surface area contributed by atoms with Gasteiger partial charge in [0.2, 0.25) is 0 Å². The molecule has 2 nitrogen and oxygen atoms in total. The van der Waals surface area contributed by atoms with Gasteiger partial charge in [-0.3, -0.25) is 4.98 Å². The van der Waals surface area contributed by atoms with Crippen LogP contribution in [0.1, 0.15) is 11.1 Å². The highest BCUT2D eigenvalue weighted by atomic mass is 19.4. The second-order valence-corrected chi connectivity index (χ2v) is 3.94. The van der Waals surface area contributed by atoms with Gasteiger partial charge in [-0.15, -0.1) is 0 Å². The molecule has 0 radical (unpaired) electrons. The van der Waals surface area contributed by atoms with E-state index in [9.17, 15) is 13.2 Å². The number of alkyl halides is 3. The van der Waals surface area contributed by atoms with Crippen molar-refractivity contribution in [2.75, 3.05) is 0 Å². The number of hydrogen-bond acceptors (Lipinski definition) is 2. The van der Waals surface area contributed by atoms with Gasteiger partial charge < -0.3 is 0 Å². The lowest BCUT2D eigenvalue weighted by Gasteiger charge is -2.12. The molecule has 0 atom stereocenters. The molecule has 0 aliphatic carbocycles. The highest BCUT2D eigenvalue weighted by Crippen LogP contribution is 2.34. The van der Waals surface area contributed by atoms with E-state index in [4.69, 9.17) is 5.26 Å². The van der Waals surface area contributed by atoms with Gasteiger partial charge in [-0.25, -0.2) is 0 Å². The van der Waals surface area contributed by atoms with Crippen LogP contribution in [-0.2, 0) is 12.6 Å². The highest BCUT2D eigenvalue weighted by Gasteiger charge is 2.31. The third kappa shape index (κ3) is 2.91. The summed E-state index contributed by atoms with van der Waals surface area (Å²) in [6.07, 6.45) is -1.32. The van der Waals surface area contributed by atoms with Gasteiger partial charge >= 0.3 is 6.18 Å². The Labute approximate surface area is 108 Å². The number of hydrogen-bond donors (Lipinski definition) is 0. The van der Waals surface area contributed by atoms with Gasteiger partial charge in [0.15, 0.2) is 0 Å². The Hall–Kier alpha value is -2.35. The Bertz CT molecular complexity index is 613. The van der Waals surface area contributed by atoms with Crippen LogP contribution in [0.5, 0.6) is 0 Å². The molecule has 0 saturated carbocycles. The van der Waals surface area contributed by atoms with Crippen molar-refractivity contribution in [3.63, 3.8) is 0 Å². The number of pyridine rings is 1. The normalized spacial score (nSPS) is 11.1. The van der Waals surface area contributed by atoms with Gasteiger partial charge in [-0.2, -0.15) is 18.4 Å². The van der Waals surface area contributed by atoms with Crippen LogP contribution in [0.25, 0.3) is 11.1 Å². The van der Waals surface area contributed by atoms with Crippen LogP contribution in [0, 0.1) is 11.3 Å².